The molecule has 3 nitrogen and oxygen atoms in total. The topological polar surface area (TPSA) is 34.2 Å². The molecule has 1 N–H and O–H groups in total. The van der Waals surface area contributed by atoms with Crippen molar-refractivity contribution in [3.05, 3.63) is 18.3 Å². The number of hydrogen-bond acceptors (Lipinski definition) is 2. The molecule has 0 fully saturated rings. The van der Waals surface area contributed by atoms with Crippen LogP contribution in [0.3, 0.4) is 0 Å². The van der Waals surface area contributed by atoms with Crippen LogP contribution in [0.2, 0.25) is 6.04 Å². The monoisotopic (exact) mass is 241 g/mol. The fourth-order valence-corrected chi connectivity index (χ4v) is 4.65. The summed E-state index contributed by atoms with van der Waals surface area (Å²) in [5.74, 6) is 0. The largest absolute Gasteiger partial charge is 0.394 e. The number of nitrogens with one attached hydrogen (secondary N) is 1. The highest BCUT2D eigenvalue weighted by Gasteiger charge is 2.38. The van der Waals surface area contributed by atoms with Crippen LogP contribution in [0.4, 0.5) is 0 Å². The summed E-state index contributed by atoms with van der Waals surface area (Å²) in [6.07, 6.45) is 6.93. The maximum absolute atomic E-state index is 5.70. The Labute approximate surface area is 99.4 Å². The molecule has 1 aromatic heterocycles. The first-order valence-corrected chi connectivity index (χ1v) is 8.05. The molecule has 0 aliphatic rings. The Morgan fingerprint density at radius 3 is 2.44 bits per heavy atom. The van der Waals surface area contributed by atoms with E-state index in [1.807, 2.05) is 12.3 Å². The van der Waals surface area contributed by atoms with Gasteiger partial charge in [-0.1, -0.05) is 32.6 Å². The number of H-pyrrole nitrogens is 1. The predicted molar refractivity (Wildman–Crippen MR) is 69.1 cm³/mol. The first kappa shape index (κ1) is 13.5. The van der Waals surface area contributed by atoms with Crippen molar-refractivity contribution in [2.24, 2.45) is 0 Å². The first-order valence-electron chi connectivity index (χ1n) is 6.03. The molecule has 1 aromatic rings. The van der Waals surface area contributed by atoms with Gasteiger partial charge in [0.15, 0.2) is 0 Å². The maximum Gasteiger partial charge on any atom is 0.388 e. The smallest absolute Gasteiger partial charge is 0.388 e. The van der Waals surface area contributed by atoms with Crippen molar-refractivity contribution in [3.8, 4) is 0 Å². The molecule has 1 rings (SSSR count). The molecular formula is C12H23NO2Si. The van der Waals surface area contributed by atoms with Crippen LogP contribution in [0.1, 0.15) is 32.6 Å². The highest BCUT2D eigenvalue weighted by molar-refractivity contribution is 6.80. The molecule has 0 atom stereocenters. The average Bonchev–Trinajstić information content (AvgIpc) is 2.84. The molecule has 0 radical (unpaired) electrons. The standard InChI is InChI=1S/C12H23NO2Si/c1-4-5-6-7-11-16(14-2,15-3)12-9-8-10-13-12/h8-10,13H,4-7,11H2,1-3H3. The lowest BCUT2D eigenvalue weighted by molar-refractivity contribution is 0.255. The van der Waals surface area contributed by atoms with Crippen LogP contribution in [-0.2, 0) is 8.85 Å². The molecule has 0 amide bonds. The van der Waals surface area contributed by atoms with Gasteiger partial charge in [0.1, 0.15) is 0 Å². The van der Waals surface area contributed by atoms with E-state index in [1.54, 1.807) is 14.2 Å². The van der Waals surface area contributed by atoms with Gasteiger partial charge >= 0.3 is 8.56 Å². The summed E-state index contributed by atoms with van der Waals surface area (Å²) in [5.41, 5.74) is 0. The van der Waals surface area contributed by atoms with Gasteiger partial charge < -0.3 is 13.8 Å². The van der Waals surface area contributed by atoms with Crippen LogP contribution >= 0.6 is 0 Å². The molecule has 0 unspecified atom stereocenters. The lowest BCUT2D eigenvalue weighted by Crippen LogP contribution is -2.53. The predicted octanol–water partition coefficient (Wildman–Crippen LogP) is 2.54. The molecule has 0 aliphatic carbocycles. The van der Waals surface area contributed by atoms with Crippen molar-refractivity contribution in [2.45, 2.75) is 38.7 Å². The Morgan fingerprint density at radius 2 is 1.94 bits per heavy atom. The maximum atomic E-state index is 5.70. The minimum atomic E-state index is -2.17. The fourth-order valence-electron chi connectivity index (χ4n) is 1.99. The van der Waals surface area contributed by atoms with Gasteiger partial charge in [0.2, 0.25) is 0 Å². The van der Waals surface area contributed by atoms with E-state index in [0.29, 0.717) is 0 Å². The van der Waals surface area contributed by atoms with E-state index in [-0.39, 0.29) is 0 Å². The van der Waals surface area contributed by atoms with Gasteiger partial charge in [-0.15, -0.1) is 0 Å². The minimum Gasteiger partial charge on any atom is -0.394 e. The molecule has 0 aliphatic heterocycles. The zero-order chi connectivity index (χ0) is 11.9. The van der Waals surface area contributed by atoms with E-state index in [2.05, 4.69) is 18.0 Å². The summed E-state index contributed by atoms with van der Waals surface area (Å²) in [6, 6.07) is 5.10. The number of aromatic nitrogens is 1. The van der Waals surface area contributed by atoms with Gasteiger partial charge in [-0.25, -0.2) is 0 Å². The quantitative estimate of drug-likeness (QED) is 0.560. The third-order valence-corrected chi connectivity index (χ3v) is 6.49. The Morgan fingerprint density at radius 1 is 1.19 bits per heavy atom. The van der Waals surface area contributed by atoms with E-state index in [9.17, 15) is 0 Å². The summed E-state index contributed by atoms with van der Waals surface area (Å²) in [7, 11) is 1.35. The van der Waals surface area contributed by atoms with Gasteiger partial charge in [-0.3, -0.25) is 0 Å². The van der Waals surface area contributed by atoms with Crippen molar-refractivity contribution in [2.75, 3.05) is 14.2 Å². The zero-order valence-electron chi connectivity index (χ0n) is 10.6. The van der Waals surface area contributed by atoms with Crippen LogP contribution in [0.25, 0.3) is 0 Å². The minimum absolute atomic E-state index is 1.03. The Hall–Kier alpha value is -0.583. The van der Waals surface area contributed by atoms with E-state index >= 15 is 0 Å². The summed E-state index contributed by atoms with van der Waals surface area (Å²) in [5, 5.41) is 1.13. The molecule has 16 heavy (non-hydrogen) atoms. The van der Waals surface area contributed by atoms with Crippen LogP contribution in [-0.4, -0.2) is 27.8 Å². The molecule has 4 heteroatoms. The molecule has 0 saturated carbocycles. The van der Waals surface area contributed by atoms with Gasteiger partial charge in [0.25, 0.3) is 0 Å². The van der Waals surface area contributed by atoms with Crippen molar-refractivity contribution < 1.29 is 8.85 Å². The van der Waals surface area contributed by atoms with Crippen molar-refractivity contribution in [1.82, 2.24) is 4.98 Å². The van der Waals surface area contributed by atoms with Crippen molar-refractivity contribution in [3.63, 3.8) is 0 Å². The lowest BCUT2D eigenvalue weighted by atomic mass is 10.2. The highest BCUT2D eigenvalue weighted by Crippen LogP contribution is 2.16. The SMILES string of the molecule is CCCCCC[Si](OC)(OC)c1ccc[nH]1. The van der Waals surface area contributed by atoms with Crippen LogP contribution in [0.15, 0.2) is 18.3 Å². The van der Waals surface area contributed by atoms with Crippen molar-refractivity contribution >= 4 is 13.9 Å². The summed E-state index contributed by atoms with van der Waals surface area (Å²) in [6.45, 7) is 2.22. The molecule has 0 bridgehead atoms. The molecule has 0 spiro atoms. The lowest BCUT2D eigenvalue weighted by Gasteiger charge is -2.26. The second-order valence-electron chi connectivity index (χ2n) is 4.06. The fraction of sp³-hybridized carbons (Fsp3) is 0.667. The number of hydrogen-bond donors (Lipinski definition) is 1. The summed E-state index contributed by atoms with van der Waals surface area (Å²) in [4.78, 5) is 3.23. The second kappa shape index (κ2) is 6.88. The van der Waals surface area contributed by atoms with E-state index in [4.69, 9.17) is 8.85 Å². The Balaban J connectivity index is 2.58. The normalized spacial score (nSPS) is 11.9. The third kappa shape index (κ3) is 3.20. The molecule has 0 saturated heterocycles. The number of unbranched alkanes of at least 4 members (excludes halogenated alkanes) is 3. The zero-order valence-corrected chi connectivity index (χ0v) is 11.6. The Kier molecular flexibility index (Phi) is 5.80. The van der Waals surface area contributed by atoms with Gasteiger partial charge in [-0.05, 0) is 18.2 Å². The van der Waals surface area contributed by atoms with Crippen LogP contribution in [0, 0.1) is 0 Å². The van der Waals surface area contributed by atoms with Gasteiger partial charge in [0.05, 0.1) is 5.32 Å². The number of rotatable bonds is 8. The van der Waals surface area contributed by atoms with Crippen LogP contribution in [0.5, 0.6) is 0 Å². The van der Waals surface area contributed by atoms with Gasteiger partial charge in [-0.2, -0.15) is 0 Å². The highest BCUT2D eigenvalue weighted by atomic mass is 28.4. The van der Waals surface area contributed by atoms with E-state index < -0.39 is 8.56 Å². The molecular weight excluding hydrogens is 218 g/mol. The number of aromatic amines is 1. The Bertz CT molecular complexity index is 271. The molecule has 92 valence electrons. The van der Waals surface area contributed by atoms with E-state index in [1.165, 1.54) is 25.7 Å². The first-order chi connectivity index (χ1) is 7.79. The molecule has 0 aromatic carbocycles. The summed E-state index contributed by atoms with van der Waals surface area (Å²) < 4.78 is 11.4. The third-order valence-electron chi connectivity index (χ3n) is 3.03. The van der Waals surface area contributed by atoms with Crippen LogP contribution < -0.4 is 5.32 Å². The van der Waals surface area contributed by atoms with Gasteiger partial charge in [0, 0.05) is 20.4 Å². The second-order valence-corrected chi connectivity index (χ2v) is 7.42. The molecule has 1 heterocycles. The van der Waals surface area contributed by atoms with E-state index in [0.717, 1.165) is 11.4 Å². The van der Waals surface area contributed by atoms with Crippen molar-refractivity contribution in [1.29, 1.82) is 0 Å². The average molecular weight is 241 g/mol. The summed E-state index contributed by atoms with van der Waals surface area (Å²) >= 11 is 0.